The highest BCUT2D eigenvalue weighted by atomic mass is 79.9. The van der Waals surface area contributed by atoms with Gasteiger partial charge >= 0.3 is 0 Å². The monoisotopic (exact) mass is 349 g/mol. The third-order valence-electron chi connectivity index (χ3n) is 3.45. The largest absolute Gasteiger partial charge is 0.459 e. The summed E-state index contributed by atoms with van der Waals surface area (Å²) in [6.45, 7) is 2.03. The van der Waals surface area contributed by atoms with E-state index in [0.29, 0.717) is 5.02 Å². The maximum atomic E-state index is 6.32. The average molecular weight is 351 g/mol. The van der Waals surface area contributed by atoms with Gasteiger partial charge in [-0.25, -0.2) is 0 Å². The molecule has 0 saturated carbocycles. The van der Waals surface area contributed by atoms with Gasteiger partial charge in [-0.05, 0) is 42.8 Å². The van der Waals surface area contributed by atoms with Gasteiger partial charge in [0.2, 0.25) is 0 Å². The third kappa shape index (κ3) is 2.37. The van der Waals surface area contributed by atoms with Crippen LogP contribution in [0.15, 0.2) is 51.4 Å². The van der Waals surface area contributed by atoms with Crippen molar-refractivity contribution >= 4 is 38.5 Å². The van der Waals surface area contributed by atoms with Crippen molar-refractivity contribution < 1.29 is 4.42 Å². The van der Waals surface area contributed by atoms with Gasteiger partial charge in [-0.2, -0.15) is 0 Å². The molecule has 2 aromatic carbocycles. The lowest BCUT2D eigenvalue weighted by atomic mass is 10.0. The molecule has 2 nitrogen and oxygen atoms in total. The second kappa shape index (κ2) is 5.24. The number of nitrogens with two attached hydrogens (primary N) is 1. The Bertz CT molecular complexity index is 764. The second-order valence-corrected chi connectivity index (χ2v) is 6.11. The van der Waals surface area contributed by atoms with Crippen LogP contribution in [-0.2, 0) is 0 Å². The first kappa shape index (κ1) is 13.7. The lowest BCUT2D eigenvalue weighted by Gasteiger charge is -2.10. The first-order valence-corrected chi connectivity index (χ1v) is 7.43. The molecule has 0 bridgehead atoms. The summed E-state index contributed by atoms with van der Waals surface area (Å²) in [7, 11) is 0. The summed E-state index contributed by atoms with van der Waals surface area (Å²) in [6.07, 6.45) is 0. The van der Waals surface area contributed by atoms with Crippen LogP contribution < -0.4 is 5.73 Å². The van der Waals surface area contributed by atoms with Crippen LogP contribution in [0.3, 0.4) is 0 Å². The van der Waals surface area contributed by atoms with Crippen LogP contribution in [0.25, 0.3) is 11.0 Å². The Labute approximate surface area is 130 Å². The summed E-state index contributed by atoms with van der Waals surface area (Å²) < 4.78 is 6.93. The molecular formula is C16H13BrClNO. The van der Waals surface area contributed by atoms with E-state index in [-0.39, 0.29) is 6.04 Å². The Hall–Kier alpha value is -1.29. The van der Waals surface area contributed by atoms with Crippen molar-refractivity contribution in [1.29, 1.82) is 0 Å². The van der Waals surface area contributed by atoms with E-state index in [1.165, 1.54) is 0 Å². The summed E-state index contributed by atoms with van der Waals surface area (Å²) in [5, 5.41) is 1.79. The lowest BCUT2D eigenvalue weighted by Crippen LogP contribution is -2.11. The molecule has 0 spiro atoms. The molecule has 102 valence electrons. The summed E-state index contributed by atoms with van der Waals surface area (Å²) in [5.74, 6) is 0.792. The number of hydrogen-bond acceptors (Lipinski definition) is 2. The molecule has 20 heavy (non-hydrogen) atoms. The zero-order valence-electron chi connectivity index (χ0n) is 10.9. The fourth-order valence-corrected chi connectivity index (χ4v) is 2.80. The Balaban J connectivity index is 2.09. The maximum Gasteiger partial charge on any atom is 0.135 e. The highest BCUT2D eigenvalue weighted by Gasteiger charge is 2.18. The summed E-state index contributed by atoms with van der Waals surface area (Å²) in [4.78, 5) is 0. The Morgan fingerprint density at radius 3 is 2.55 bits per heavy atom. The summed E-state index contributed by atoms with van der Waals surface area (Å²) >= 11 is 9.36. The van der Waals surface area contributed by atoms with E-state index in [1.807, 2.05) is 49.4 Å². The van der Waals surface area contributed by atoms with E-state index in [1.54, 1.807) is 0 Å². The van der Waals surface area contributed by atoms with Gasteiger partial charge in [0.15, 0.2) is 0 Å². The zero-order valence-corrected chi connectivity index (χ0v) is 13.2. The molecule has 3 rings (SSSR count). The van der Waals surface area contributed by atoms with Gasteiger partial charge in [-0.1, -0.05) is 39.7 Å². The lowest BCUT2D eigenvalue weighted by molar-refractivity contribution is 0.521. The third-order valence-corrected chi connectivity index (χ3v) is 4.19. The minimum atomic E-state index is -0.293. The van der Waals surface area contributed by atoms with Crippen LogP contribution in [0, 0.1) is 6.92 Å². The highest BCUT2D eigenvalue weighted by molar-refractivity contribution is 9.10. The maximum absolute atomic E-state index is 6.32. The molecule has 0 aliphatic rings. The minimum absolute atomic E-state index is 0.293. The SMILES string of the molecule is Cc1c(C(N)c2ccc(Cl)cc2)oc2cc(Br)ccc12. The van der Waals surface area contributed by atoms with Crippen LogP contribution in [-0.4, -0.2) is 0 Å². The Morgan fingerprint density at radius 1 is 1.15 bits per heavy atom. The fraction of sp³-hybridized carbons (Fsp3) is 0.125. The fourth-order valence-electron chi connectivity index (χ4n) is 2.34. The van der Waals surface area contributed by atoms with Gasteiger partial charge in [0.05, 0.1) is 6.04 Å². The molecule has 4 heteroatoms. The molecule has 1 atom stereocenters. The predicted molar refractivity (Wildman–Crippen MR) is 86.1 cm³/mol. The smallest absolute Gasteiger partial charge is 0.135 e. The van der Waals surface area contributed by atoms with E-state index in [4.69, 9.17) is 21.8 Å². The van der Waals surface area contributed by atoms with Gasteiger partial charge in [0.25, 0.3) is 0 Å². The van der Waals surface area contributed by atoms with E-state index >= 15 is 0 Å². The molecule has 0 fully saturated rings. The quantitative estimate of drug-likeness (QED) is 0.689. The van der Waals surface area contributed by atoms with Crippen molar-refractivity contribution in [2.24, 2.45) is 5.73 Å². The van der Waals surface area contributed by atoms with Crippen molar-refractivity contribution in [3.05, 3.63) is 68.8 Å². The predicted octanol–water partition coefficient (Wildman–Crippen LogP) is 5.21. The van der Waals surface area contributed by atoms with Gasteiger partial charge in [-0.3, -0.25) is 0 Å². The van der Waals surface area contributed by atoms with Gasteiger partial charge in [0, 0.05) is 20.4 Å². The van der Waals surface area contributed by atoms with E-state index in [2.05, 4.69) is 15.9 Å². The number of hydrogen-bond donors (Lipinski definition) is 1. The van der Waals surface area contributed by atoms with Crippen molar-refractivity contribution in [3.63, 3.8) is 0 Å². The number of benzene rings is 2. The van der Waals surface area contributed by atoms with E-state index in [0.717, 1.165) is 32.3 Å². The molecular weight excluding hydrogens is 338 g/mol. The zero-order chi connectivity index (χ0) is 14.3. The van der Waals surface area contributed by atoms with Crippen LogP contribution >= 0.6 is 27.5 Å². The number of rotatable bonds is 2. The van der Waals surface area contributed by atoms with Crippen molar-refractivity contribution in [1.82, 2.24) is 0 Å². The Morgan fingerprint density at radius 2 is 1.85 bits per heavy atom. The molecule has 1 unspecified atom stereocenters. The minimum Gasteiger partial charge on any atom is -0.459 e. The van der Waals surface area contributed by atoms with Gasteiger partial charge < -0.3 is 10.2 Å². The second-order valence-electron chi connectivity index (χ2n) is 4.76. The van der Waals surface area contributed by atoms with Crippen LogP contribution in [0.4, 0.5) is 0 Å². The molecule has 0 aliphatic heterocycles. The topological polar surface area (TPSA) is 39.2 Å². The first-order valence-electron chi connectivity index (χ1n) is 6.26. The van der Waals surface area contributed by atoms with Crippen LogP contribution in [0.1, 0.15) is 22.9 Å². The molecule has 0 saturated heterocycles. The molecule has 3 aromatic rings. The first-order chi connectivity index (χ1) is 9.56. The number of aryl methyl sites for hydroxylation is 1. The standard InChI is InChI=1S/C16H13BrClNO/c1-9-13-7-4-11(17)8-14(13)20-16(9)15(19)10-2-5-12(18)6-3-10/h2-8,15H,19H2,1H3. The highest BCUT2D eigenvalue weighted by Crippen LogP contribution is 2.33. The summed E-state index contributed by atoms with van der Waals surface area (Å²) in [6, 6.07) is 13.2. The number of fused-ring (bicyclic) bond motifs is 1. The van der Waals surface area contributed by atoms with Gasteiger partial charge in [0.1, 0.15) is 11.3 Å². The molecule has 1 aromatic heterocycles. The molecule has 2 N–H and O–H groups in total. The van der Waals surface area contributed by atoms with Crippen LogP contribution in [0.5, 0.6) is 0 Å². The summed E-state index contributed by atoms with van der Waals surface area (Å²) in [5.41, 5.74) is 9.23. The van der Waals surface area contributed by atoms with Crippen molar-refractivity contribution in [2.75, 3.05) is 0 Å². The van der Waals surface area contributed by atoms with Crippen LogP contribution in [0.2, 0.25) is 5.02 Å². The molecule has 0 aliphatic carbocycles. The normalized spacial score (nSPS) is 12.8. The Kier molecular flexibility index (Phi) is 3.59. The number of furan rings is 1. The molecule has 1 heterocycles. The van der Waals surface area contributed by atoms with Gasteiger partial charge in [-0.15, -0.1) is 0 Å². The van der Waals surface area contributed by atoms with Crippen molar-refractivity contribution in [3.8, 4) is 0 Å². The van der Waals surface area contributed by atoms with E-state index in [9.17, 15) is 0 Å². The molecule has 0 amide bonds. The molecule has 0 radical (unpaired) electrons. The number of halogens is 2. The van der Waals surface area contributed by atoms with Crippen molar-refractivity contribution in [2.45, 2.75) is 13.0 Å². The van der Waals surface area contributed by atoms with E-state index < -0.39 is 0 Å². The average Bonchev–Trinajstić information content (AvgIpc) is 2.75.